The lowest BCUT2D eigenvalue weighted by Crippen LogP contribution is -2.55. The molecule has 0 saturated carbocycles. The van der Waals surface area contributed by atoms with Crippen molar-refractivity contribution in [3.05, 3.63) is 74.8 Å². The molecule has 1 aromatic heterocycles. The minimum Gasteiger partial charge on any atom is -0.353 e. The number of anilines is 1. The van der Waals surface area contributed by atoms with E-state index in [1.165, 1.54) is 22.8 Å². The van der Waals surface area contributed by atoms with Crippen molar-refractivity contribution in [3.63, 3.8) is 0 Å². The van der Waals surface area contributed by atoms with Gasteiger partial charge in [0.25, 0.3) is 5.92 Å². The quantitative estimate of drug-likeness (QED) is 0.259. The number of allylic oxidation sites excluding steroid dienone is 2. The van der Waals surface area contributed by atoms with E-state index in [-0.39, 0.29) is 48.6 Å². The van der Waals surface area contributed by atoms with Crippen molar-refractivity contribution in [2.24, 2.45) is 0 Å². The molecular formula is C30H32F6N4OS. The summed E-state index contributed by atoms with van der Waals surface area (Å²) in [6.45, 7) is 4.96. The molecule has 1 fully saturated rings. The van der Waals surface area contributed by atoms with E-state index in [2.05, 4.69) is 10.3 Å². The number of aromatic nitrogens is 2. The van der Waals surface area contributed by atoms with Crippen molar-refractivity contribution in [3.8, 4) is 0 Å². The third kappa shape index (κ3) is 5.55. The molecule has 0 amide bonds. The van der Waals surface area contributed by atoms with Gasteiger partial charge in [0.1, 0.15) is 11.6 Å². The van der Waals surface area contributed by atoms with Crippen LogP contribution >= 0.6 is 10.9 Å². The Kier molecular flexibility index (Phi) is 7.36. The minimum absolute atomic E-state index is 0.0167. The highest BCUT2D eigenvalue weighted by molar-refractivity contribution is 8.20. The average Bonchev–Trinajstić information content (AvgIpc) is 3.08. The van der Waals surface area contributed by atoms with E-state index in [4.69, 9.17) is 0 Å². The average molecular weight is 611 g/mol. The summed E-state index contributed by atoms with van der Waals surface area (Å²) < 4.78 is 86.9. The van der Waals surface area contributed by atoms with Gasteiger partial charge >= 0.3 is 11.9 Å². The normalized spacial score (nSPS) is 27.0. The molecule has 4 atom stereocenters. The van der Waals surface area contributed by atoms with Crippen LogP contribution in [0.4, 0.5) is 32.2 Å². The van der Waals surface area contributed by atoms with Crippen molar-refractivity contribution >= 4 is 27.6 Å². The van der Waals surface area contributed by atoms with Crippen molar-refractivity contribution in [2.75, 3.05) is 23.7 Å². The van der Waals surface area contributed by atoms with Crippen LogP contribution in [0.3, 0.4) is 0 Å². The Balaban J connectivity index is 1.63. The molecule has 5 nitrogen and oxygen atoms in total. The van der Waals surface area contributed by atoms with E-state index in [1.54, 1.807) is 12.1 Å². The molecule has 1 saturated heterocycles. The van der Waals surface area contributed by atoms with Crippen LogP contribution in [0, 0.1) is 5.82 Å². The number of nitrogens with zero attached hydrogens (tertiary/aromatic N) is 3. The highest BCUT2D eigenvalue weighted by Gasteiger charge is 2.38. The molecule has 0 spiro atoms. The number of hydrogen-bond donors (Lipinski definition) is 2. The van der Waals surface area contributed by atoms with Gasteiger partial charge < -0.3 is 10.2 Å². The van der Waals surface area contributed by atoms with Crippen LogP contribution < -0.4 is 15.9 Å². The molecule has 2 aromatic carbocycles. The lowest BCUT2D eigenvalue weighted by Gasteiger charge is -2.37. The molecule has 3 heterocycles. The molecule has 2 unspecified atom stereocenters. The van der Waals surface area contributed by atoms with E-state index in [0.29, 0.717) is 34.2 Å². The van der Waals surface area contributed by atoms with Gasteiger partial charge in [-0.3, -0.25) is 4.57 Å². The number of rotatable bonds is 3. The molecule has 2 aliphatic heterocycles. The van der Waals surface area contributed by atoms with E-state index in [1.807, 2.05) is 18.7 Å². The van der Waals surface area contributed by atoms with Crippen LogP contribution in [0.2, 0.25) is 0 Å². The van der Waals surface area contributed by atoms with Gasteiger partial charge in [0.2, 0.25) is 0 Å². The van der Waals surface area contributed by atoms with Gasteiger partial charge in [-0.2, -0.15) is 18.2 Å². The minimum atomic E-state index is -4.68. The van der Waals surface area contributed by atoms with Gasteiger partial charge in [-0.15, -0.1) is 0 Å². The third-order valence-electron chi connectivity index (χ3n) is 8.39. The first-order chi connectivity index (χ1) is 19.8. The number of piperazine rings is 1. The smallest absolute Gasteiger partial charge is 0.353 e. The molecule has 3 aromatic rings. The van der Waals surface area contributed by atoms with Crippen molar-refractivity contribution < 1.29 is 26.3 Å². The first-order valence-corrected chi connectivity index (χ1v) is 15.6. The summed E-state index contributed by atoms with van der Waals surface area (Å²) >= 11 is 0. The molecular weight excluding hydrogens is 578 g/mol. The second-order valence-corrected chi connectivity index (χ2v) is 14.0. The number of benzene rings is 2. The predicted octanol–water partition coefficient (Wildman–Crippen LogP) is 6.60. The Morgan fingerprint density at radius 3 is 2.36 bits per heavy atom. The van der Waals surface area contributed by atoms with Gasteiger partial charge in [-0.05, 0) is 60.8 Å². The van der Waals surface area contributed by atoms with Gasteiger partial charge in [-0.25, -0.2) is 28.9 Å². The Hall–Kier alpha value is -2.99. The summed E-state index contributed by atoms with van der Waals surface area (Å²) in [5, 5.41) is 3.62. The largest absolute Gasteiger partial charge is 0.416 e. The van der Waals surface area contributed by atoms with Crippen LogP contribution in [0.1, 0.15) is 50.2 Å². The van der Waals surface area contributed by atoms with Crippen LogP contribution in [0.15, 0.2) is 57.1 Å². The molecule has 1 aliphatic carbocycles. The summed E-state index contributed by atoms with van der Waals surface area (Å²) in [5.74, 6) is -3.12. The molecule has 3 aliphatic rings. The third-order valence-corrected chi connectivity index (χ3v) is 11.2. The maximum absolute atomic E-state index is 14.4. The number of alkyl halides is 5. The summed E-state index contributed by atoms with van der Waals surface area (Å²) in [5.41, 5.74) is -0.330. The summed E-state index contributed by atoms with van der Waals surface area (Å²) in [7, 11) is -1.54. The zero-order chi connectivity index (χ0) is 30.0. The van der Waals surface area contributed by atoms with Crippen molar-refractivity contribution in [1.29, 1.82) is 0 Å². The molecule has 1 N–H and O–H groups in total. The Morgan fingerprint density at radius 2 is 1.74 bits per heavy atom. The fourth-order valence-corrected chi connectivity index (χ4v) is 9.49. The standard InChI is InChI=1S/C30H32F6N4OS/c1-17-13-39(14-18(2)37-17)27-24-11-21(30(34,35)36)12-25-26(24)40(28(41)38-27)15-20(19-3-5-22(31)6-4-19)16-42(25)23-7-9-29(32,33)10-8-23/h3-7,11-12,17-18,20,37,42H,8-10,13-16H2,1-2H3/t17-,18+,20?. The predicted molar refractivity (Wildman–Crippen MR) is 153 cm³/mol. The molecule has 42 heavy (non-hydrogen) atoms. The highest BCUT2D eigenvalue weighted by Crippen LogP contribution is 2.56. The van der Waals surface area contributed by atoms with E-state index >= 15 is 0 Å². The van der Waals surface area contributed by atoms with Crippen LogP contribution in [0.25, 0.3) is 10.9 Å². The molecule has 0 radical (unpaired) electrons. The second kappa shape index (κ2) is 10.6. The first-order valence-electron chi connectivity index (χ1n) is 14.1. The van der Waals surface area contributed by atoms with Crippen LogP contribution in [-0.2, 0) is 12.7 Å². The Labute approximate surface area is 242 Å². The summed E-state index contributed by atoms with van der Waals surface area (Å²) in [6.07, 6.45) is -3.99. The molecule has 226 valence electrons. The second-order valence-electron chi connectivity index (χ2n) is 11.7. The molecule has 0 bridgehead atoms. The fraction of sp³-hybridized carbons (Fsp3) is 0.467. The number of hydrogen-bond acceptors (Lipinski definition) is 4. The van der Waals surface area contributed by atoms with E-state index in [9.17, 15) is 31.1 Å². The first kappa shape index (κ1) is 29.1. The monoisotopic (exact) mass is 610 g/mol. The zero-order valence-corrected chi connectivity index (χ0v) is 24.1. The highest BCUT2D eigenvalue weighted by atomic mass is 32.2. The Morgan fingerprint density at radius 1 is 1.05 bits per heavy atom. The van der Waals surface area contributed by atoms with Gasteiger partial charge in [0.05, 0.1) is 11.1 Å². The molecule has 6 rings (SSSR count). The van der Waals surface area contributed by atoms with Crippen LogP contribution in [0.5, 0.6) is 0 Å². The topological polar surface area (TPSA) is 50.2 Å². The lowest BCUT2D eigenvalue weighted by molar-refractivity contribution is -0.137. The fourth-order valence-electron chi connectivity index (χ4n) is 6.50. The number of nitrogens with one attached hydrogen (secondary N) is 1. The van der Waals surface area contributed by atoms with Gasteiger partial charge in [-0.1, -0.05) is 18.2 Å². The maximum Gasteiger partial charge on any atom is 0.416 e. The van der Waals surface area contributed by atoms with Gasteiger partial charge in [0, 0.05) is 60.8 Å². The zero-order valence-electron chi connectivity index (χ0n) is 23.2. The Bertz CT molecular complexity index is 1590. The van der Waals surface area contributed by atoms with E-state index < -0.39 is 46.5 Å². The van der Waals surface area contributed by atoms with Crippen LogP contribution in [-0.4, -0.2) is 46.4 Å². The maximum atomic E-state index is 14.4. The van der Waals surface area contributed by atoms with Gasteiger partial charge in [0.15, 0.2) is 0 Å². The van der Waals surface area contributed by atoms with Crippen molar-refractivity contribution in [1.82, 2.24) is 14.9 Å². The molecule has 12 heteroatoms. The van der Waals surface area contributed by atoms with E-state index in [0.717, 1.165) is 17.7 Å². The summed E-state index contributed by atoms with van der Waals surface area (Å²) in [6, 6.07) is 8.06. The number of halogens is 6. The number of thiol groups is 1. The van der Waals surface area contributed by atoms with Crippen molar-refractivity contribution in [2.45, 2.75) is 74.7 Å². The summed E-state index contributed by atoms with van der Waals surface area (Å²) in [4.78, 5) is 21.0. The SMILES string of the molecule is C[C@@H]1CN(c2nc(=O)n3c4c(cc(C(F)(F)F)cc24)[SH](C2=CCC(F)(F)CC2)CC(c2ccc(F)cc2)C3)C[C@H](C)N1. The lowest BCUT2D eigenvalue weighted by atomic mass is 10.0.